The first-order valence-corrected chi connectivity index (χ1v) is 6.80. The molecular formula is C16H17FN2O3. The lowest BCUT2D eigenvalue weighted by molar-refractivity contribution is 0.108. The standard InChI is InChI=1S/C16H17FN2O3/c17-12-6-8-15(9-7-12)22-11-14(20)10-18-16(21)19-13-4-2-1-3-5-13/h1-9,14,20H,10-11H2,(H2,18,19,21). The molecule has 0 heterocycles. The van der Waals surface area contributed by atoms with E-state index in [1.54, 1.807) is 24.3 Å². The summed E-state index contributed by atoms with van der Waals surface area (Å²) in [5.74, 6) is 0.0985. The van der Waals surface area contributed by atoms with Crippen LogP contribution in [-0.4, -0.2) is 30.4 Å². The average molecular weight is 304 g/mol. The smallest absolute Gasteiger partial charge is 0.319 e. The molecule has 2 amide bonds. The summed E-state index contributed by atoms with van der Waals surface area (Å²) in [6.45, 7) is 0.0388. The minimum absolute atomic E-state index is 0.00273. The predicted octanol–water partition coefficient (Wildman–Crippen LogP) is 2.39. The van der Waals surface area contributed by atoms with Crippen molar-refractivity contribution in [2.24, 2.45) is 0 Å². The number of nitrogens with one attached hydrogen (secondary N) is 2. The molecule has 0 radical (unpaired) electrons. The highest BCUT2D eigenvalue weighted by Gasteiger charge is 2.08. The molecular weight excluding hydrogens is 287 g/mol. The fraction of sp³-hybridized carbons (Fsp3) is 0.188. The number of urea groups is 1. The van der Waals surface area contributed by atoms with Gasteiger partial charge in [-0.25, -0.2) is 9.18 Å². The van der Waals surface area contributed by atoms with E-state index in [0.717, 1.165) is 0 Å². The highest BCUT2D eigenvalue weighted by Crippen LogP contribution is 2.11. The average Bonchev–Trinajstić information content (AvgIpc) is 2.53. The van der Waals surface area contributed by atoms with E-state index in [4.69, 9.17) is 4.74 Å². The molecule has 5 nitrogen and oxygen atoms in total. The normalized spacial score (nSPS) is 11.5. The van der Waals surface area contributed by atoms with E-state index in [1.165, 1.54) is 24.3 Å². The Morgan fingerprint density at radius 2 is 1.82 bits per heavy atom. The minimum atomic E-state index is -0.869. The molecule has 1 unspecified atom stereocenters. The Balaban J connectivity index is 1.67. The number of aliphatic hydroxyl groups excluding tert-OH is 1. The van der Waals surface area contributed by atoms with Gasteiger partial charge in [-0.2, -0.15) is 0 Å². The van der Waals surface area contributed by atoms with E-state index in [9.17, 15) is 14.3 Å². The number of aliphatic hydroxyl groups is 1. The van der Waals surface area contributed by atoms with E-state index in [-0.39, 0.29) is 19.0 Å². The number of hydrogen-bond acceptors (Lipinski definition) is 3. The third kappa shape index (κ3) is 5.41. The van der Waals surface area contributed by atoms with Crippen LogP contribution in [0, 0.1) is 5.82 Å². The monoisotopic (exact) mass is 304 g/mol. The number of halogens is 1. The molecule has 2 aromatic rings. The Kier molecular flexibility index (Phi) is 5.73. The molecule has 6 heteroatoms. The van der Waals surface area contributed by atoms with E-state index < -0.39 is 12.1 Å². The number of hydrogen-bond donors (Lipinski definition) is 3. The van der Waals surface area contributed by atoms with Gasteiger partial charge in [0, 0.05) is 12.2 Å². The van der Waals surface area contributed by atoms with E-state index in [0.29, 0.717) is 11.4 Å². The number of carbonyl (C=O) groups is 1. The van der Waals surface area contributed by atoms with Gasteiger partial charge in [-0.3, -0.25) is 0 Å². The van der Waals surface area contributed by atoms with Gasteiger partial charge in [0.2, 0.25) is 0 Å². The number of carbonyl (C=O) groups excluding carboxylic acids is 1. The number of benzene rings is 2. The molecule has 0 saturated carbocycles. The van der Waals surface area contributed by atoms with Gasteiger partial charge < -0.3 is 20.5 Å². The van der Waals surface area contributed by atoms with E-state index >= 15 is 0 Å². The first kappa shape index (κ1) is 15.8. The number of anilines is 1. The zero-order valence-electron chi connectivity index (χ0n) is 11.8. The lowest BCUT2D eigenvalue weighted by Gasteiger charge is -2.13. The molecule has 0 fully saturated rings. The maximum absolute atomic E-state index is 12.7. The quantitative estimate of drug-likeness (QED) is 0.767. The highest BCUT2D eigenvalue weighted by atomic mass is 19.1. The topological polar surface area (TPSA) is 70.6 Å². The van der Waals surface area contributed by atoms with Crippen LogP contribution in [0.1, 0.15) is 0 Å². The van der Waals surface area contributed by atoms with Crippen LogP contribution < -0.4 is 15.4 Å². The van der Waals surface area contributed by atoms with Gasteiger partial charge in [-0.05, 0) is 36.4 Å². The second kappa shape index (κ2) is 7.99. The van der Waals surface area contributed by atoms with Crippen LogP contribution in [0.5, 0.6) is 5.75 Å². The van der Waals surface area contributed by atoms with Crippen molar-refractivity contribution >= 4 is 11.7 Å². The highest BCUT2D eigenvalue weighted by molar-refractivity contribution is 5.89. The van der Waals surface area contributed by atoms with Crippen LogP contribution >= 0.6 is 0 Å². The predicted molar refractivity (Wildman–Crippen MR) is 81.4 cm³/mol. The third-order valence-corrected chi connectivity index (χ3v) is 2.79. The number of ether oxygens (including phenoxy) is 1. The molecule has 1 atom stereocenters. The first-order valence-electron chi connectivity index (χ1n) is 6.80. The van der Waals surface area contributed by atoms with Crippen LogP contribution in [0.15, 0.2) is 54.6 Å². The molecule has 0 spiro atoms. The zero-order valence-corrected chi connectivity index (χ0v) is 11.8. The molecule has 0 aliphatic carbocycles. The second-order valence-electron chi connectivity index (χ2n) is 4.62. The molecule has 0 aliphatic rings. The van der Waals surface area contributed by atoms with Gasteiger partial charge in [-0.1, -0.05) is 18.2 Å². The van der Waals surface area contributed by atoms with Crippen LogP contribution in [0.4, 0.5) is 14.9 Å². The fourth-order valence-corrected chi connectivity index (χ4v) is 1.69. The van der Waals surface area contributed by atoms with Crippen molar-refractivity contribution in [2.45, 2.75) is 6.10 Å². The molecule has 2 rings (SSSR count). The summed E-state index contributed by atoms with van der Waals surface area (Å²) >= 11 is 0. The summed E-state index contributed by atoms with van der Waals surface area (Å²) in [6, 6.07) is 14.0. The Labute approximate surface area is 127 Å². The summed E-state index contributed by atoms with van der Waals surface area (Å²) in [7, 11) is 0. The molecule has 0 aromatic heterocycles. The SMILES string of the molecule is O=C(NCC(O)COc1ccc(F)cc1)Nc1ccccc1. The summed E-state index contributed by atoms with van der Waals surface area (Å²) in [4.78, 5) is 11.6. The number of rotatable bonds is 6. The van der Waals surface area contributed by atoms with E-state index in [2.05, 4.69) is 10.6 Å². The van der Waals surface area contributed by atoms with Crippen LogP contribution in [0.3, 0.4) is 0 Å². The number of para-hydroxylation sites is 1. The van der Waals surface area contributed by atoms with Crippen molar-refractivity contribution in [3.8, 4) is 5.75 Å². The van der Waals surface area contributed by atoms with Gasteiger partial charge in [0.1, 0.15) is 24.3 Å². The molecule has 0 aliphatic heterocycles. The molecule has 0 saturated heterocycles. The van der Waals surface area contributed by atoms with Gasteiger partial charge >= 0.3 is 6.03 Å². The fourth-order valence-electron chi connectivity index (χ4n) is 1.69. The van der Waals surface area contributed by atoms with Crippen LogP contribution in [-0.2, 0) is 0 Å². The third-order valence-electron chi connectivity index (χ3n) is 2.79. The van der Waals surface area contributed by atoms with Gasteiger partial charge in [0.15, 0.2) is 0 Å². The van der Waals surface area contributed by atoms with Crippen molar-refractivity contribution in [3.63, 3.8) is 0 Å². The lowest BCUT2D eigenvalue weighted by atomic mass is 10.3. The molecule has 22 heavy (non-hydrogen) atoms. The van der Waals surface area contributed by atoms with Crippen molar-refractivity contribution in [3.05, 3.63) is 60.4 Å². The summed E-state index contributed by atoms with van der Waals surface area (Å²) < 4.78 is 18.0. The second-order valence-corrected chi connectivity index (χ2v) is 4.62. The lowest BCUT2D eigenvalue weighted by Crippen LogP contribution is -2.37. The number of amides is 2. The van der Waals surface area contributed by atoms with Gasteiger partial charge in [0.25, 0.3) is 0 Å². The van der Waals surface area contributed by atoms with Gasteiger partial charge in [-0.15, -0.1) is 0 Å². The summed E-state index contributed by atoms with van der Waals surface area (Å²) in [6.07, 6.45) is -0.869. The molecule has 116 valence electrons. The Morgan fingerprint density at radius 1 is 1.14 bits per heavy atom. The van der Waals surface area contributed by atoms with Gasteiger partial charge in [0.05, 0.1) is 0 Å². The van der Waals surface area contributed by atoms with Crippen molar-refractivity contribution < 1.29 is 19.0 Å². The van der Waals surface area contributed by atoms with E-state index in [1.807, 2.05) is 6.07 Å². The van der Waals surface area contributed by atoms with Crippen LogP contribution in [0.2, 0.25) is 0 Å². The first-order chi connectivity index (χ1) is 10.6. The Morgan fingerprint density at radius 3 is 2.50 bits per heavy atom. The Bertz CT molecular complexity index is 590. The van der Waals surface area contributed by atoms with Crippen molar-refractivity contribution in [1.29, 1.82) is 0 Å². The molecule has 3 N–H and O–H groups in total. The zero-order chi connectivity index (χ0) is 15.8. The largest absolute Gasteiger partial charge is 0.491 e. The minimum Gasteiger partial charge on any atom is -0.491 e. The van der Waals surface area contributed by atoms with Crippen molar-refractivity contribution in [1.82, 2.24) is 5.32 Å². The molecule has 0 bridgehead atoms. The summed E-state index contributed by atoms with van der Waals surface area (Å²) in [5, 5.41) is 14.9. The summed E-state index contributed by atoms with van der Waals surface area (Å²) in [5.41, 5.74) is 0.664. The van der Waals surface area contributed by atoms with Crippen LogP contribution in [0.25, 0.3) is 0 Å². The maximum atomic E-state index is 12.7. The van der Waals surface area contributed by atoms with Crippen molar-refractivity contribution in [2.75, 3.05) is 18.5 Å². The maximum Gasteiger partial charge on any atom is 0.319 e. The Hall–Kier alpha value is -2.60. The molecule has 2 aromatic carbocycles.